The highest BCUT2D eigenvalue weighted by Crippen LogP contribution is 2.17. The molecule has 0 spiro atoms. The molecule has 0 amide bonds. The lowest BCUT2D eigenvalue weighted by molar-refractivity contribution is 0.145. The van der Waals surface area contributed by atoms with Crippen molar-refractivity contribution in [1.29, 1.82) is 0 Å². The van der Waals surface area contributed by atoms with Gasteiger partial charge in [-0.05, 0) is 19.3 Å². The first kappa shape index (κ1) is 10.4. The third-order valence-electron chi connectivity index (χ3n) is 2.86. The number of anilines is 1. The highest BCUT2D eigenvalue weighted by molar-refractivity contribution is 5.39. The van der Waals surface area contributed by atoms with Crippen LogP contribution in [0.15, 0.2) is 12.4 Å². The van der Waals surface area contributed by atoms with Gasteiger partial charge in [0.05, 0.1) is 6.10 Å². The van der Waals surface area contributed by atoms with Crippen molar-refractivity contribution < 1.29 is 5.11 Å². The Kier molecular flexibility index (Phi) is 3.16. The molecule has 0 radical (unpaired) electrons. The summed E-state index contributed by atoms with van der Waals surface area (Å²) in [5, 5.41) is 9.42. The average Bonchev–Trinajstić information content (AvgIpc) is 2.30. The summed E-state index contributed by atoms with van der Waals surface area (Å²) in [5.41, 5.74) is 1.08. The predicted octanol–water partition coefficient (Wildman–Crippen LogP) is 1.00. The van der Waals surface area contributed by atoms with E-state index in [0.717, 1.165) is 43.9 Å². The van der Waals surface area contributed by atoms with Gasteiger partial charge in [-0.3, -0.25) is 0 Å². The highest BCUT2D eigenvalue weighted by atomic mass is 16.3. The van der Waals surface area contributed by atoms with Gasteiger partial charge >= 0.3 is 0 Å². The van der Waals surface area contributed by atoms with Gasteiger partial charge < -0.3 is 10.0 Å². The molecule has 2 heterocycles. The Bertz CT molecular complexity index is 321. The van der Waals surface area contributed by atoms with E-state index >= 15 is 0 Å². The Morgan fingerprint density at radius 3 is 2.80 bits per heavy atom. The summed E-state index contributed by atoms with van der Waals surface area (Å²) in [5.74, 6) is 0.994. The number of rotatable bonds is 2. The summed E-state index contributed by atoms with van der Waals surface area (Å²) in [7, 11) is 0. The summed E-state index contributed by atoms with van der Waals surface area (Å²) in [6.07, 6.45) is 4.11. The van der Waals surface area contributed by atoms with E-state index < -0.39 is 0 Å². The minimum absolute atomic E-state index is 0.131. The summed E-state index contributed by atoms with van der Waals surface area (Å²) in [4.78, 5) is 10.7. The van der Waals surface area contributed by atoms with Crippen LogP contribution in [0.3, 0.4) is 0 Å². The van der Waals surface area contributed by atoms with Crippen molar-refractivity contribution in [3.8, 4) is 0 Å². The van der Waals surface area contributed by atoms with Crippen molar-refractivity contribution in [1.82, 2.24) is 9.97 Å². The van der Waals surface area contributed by atoms with Gasteiger partial charge in [-0.2, -0.15) is 0 Å². The molecular formula is C11H17N3O. The molecule has 1 N–H and O–H groups in total. The second kappa shape index (κ2) is 4.57. The van der Waals surface area contributed by atoms with Gasteiger partial charge in [0.25, 0.3) is 0 Å². The van der Waals surface area contributed by atoms with E-state index in [2.05, 4.69) is 21.8 Å². The quantitative estimate of drug-likeness (QED) is 0.786. The number of aromatic nitrogens is 2. The Morgan fingerprint density at radius 1 is 1.40 bits per heavy atom. The van der Waals surface area contributed by atoms with Crippen molar-refractivity contribution in [3.05, 3.63) is 18.1 Å². The molecule has 4 heteroatoms. The van der Waals surface area contributed by atoms with Gasteiger partial charge in [0.2, 0.25) is 0 Å². The van der Waals surface area contributed by atoms with E-state index in [1.165, 1.54) is 0 Å². The lowest BCUT2D eigenvalue weighted by Gasteiger charge is -2.30. The van der Waals surface area contributed by atoms with Crippen LogP contribution in [0.1, 0.15) is 25.5 Å². The smallest absolute Gasteiger partial charge is 0.132 e. The molecule has 1 saturated heterocycles. The van der Waals surface area contributed by atoms with Gasteiger partial charge in [-0.15, -0.1) is 0 Å². The number of hydrogen-bond acceptors (Lipinski definition) is 4. The molecule has 0 atom stereocenters. The van der Waals surface area contributed by atoms with Crippen LogP contribution < -0.4 is 4.90 Å². The number of piperidine rings is 1. The molecule has 1 aliphatic heterocycles. The van der Waals surface area contributed by atoms with Crippen LogP contribution in [0.25, 0.3) is 0 Å². The number of aliphatic hydroxyl groups is 1. The van der Waals surface area contributed by atoms with Gasteiger partial charge in [0, 0.05) is 24.8 Å². The SMILES string of the molecule is CCc1cc(N2CCC(O)CC2)ncn1. The predicted molar refractivity (Wildman–Crippen MR) is 58.9 cm³/mol. The summed E-state index contributed by atoms with van der Waals surface area (Å²) in [6, 6.07) is 2.04. The minimum atomic E-state index is -0.131. The first-order chi connectivity index (χ1) is 7.29. The van der Waals surface area contributed by atoms with E-state index in [0.29, 0.717) is 0 Å². The fourth-order valence-corrected chi connectivity index (χ4v) is 1.85. The first-order valence-corrected chi connectivity index (χ1v) is 5.53. The van der Waals surface area contributed by atoms with Crippen molar-refractivity contribution >= 4 is 5.82 Å². The lowest BCUT2D eigenvalue weighted by atomic mass is 10.1. The molecule has 1 aromatic rings. The second-order valence-corrected chi connectivity index (χ2v) is 3.94. The van der Waals surface area contributed by atoms with Crippen LogP contribution in [-0.4, -0.2) is 34.3 Å². The molecule has 0 aliphatic carbocycles. The third kappa shape index (κ3) is 2.45. The largest absolute Gasteiger partial charge is 0.393 e. The zero-order valence-corrected chi connectivity index (χ0v) is 9.06. The summed E-state index contributed by atoms with van der Waals surface area (Å²) < 4.78 is 0. The molecule has 4 nitrogen and oxygen atoms in total. The first-order valence-electron chi connectivity index (χ1n) is 5.53. The van der Waals surface area contributed by atoms with E-state index in [9.17, 15) is 5.11 Å². The number of aryl methyl sites for hydroxylation is 1. The van der Waals surface area contributed by atoms with Crippen LogP contribution >= 0.6 is 0 Å². The zero-order valence-electron chi connectivity index (χ0n) is 9.06. The second-order valence-electron chi connectivity index (χ2n) is 3.94. The summed E-state index contributed by atoms with van der Waals surface area (Å²) >= 11 is 0. The maximum Gasteiger partial charge on any atom is 0.132 e. The van der Waals surface area contributed by atoms with Crippen molar-refractivity contribution in [3.63, 3.8) is 0 Å². The molecule has 0 bridgehead atoms. The van der Waals surface area contributed by atoms with Crippen LogP contribution in [-0.2, 0) is 6.42 Å². The van der Waals surface area contributed by atoms with E-state index in [1.54, 1.807) is 6.33 Å². The molecule has 82 valence electrons. The molecule has 0 unspecified atom stereocenters. The third-order valence-corrected chi connectivity index (χ3v) is 2.86. The van der Waals surface area contributed by atoms with Gasteiger partial charge in [-0.25, -0.2) is 9.97 Å². The summed E-state index contributed by atoms with van der Waals surface area (Å²) in [6.45, 7) is 3.87. The molecule has 15 heavy (non-hydrogen) atoms. The Hall–Kier alpha value is -1.16. The Balaban J connectivity index is 2.08. The molecule has 1 fully saturated rings. The fraction of sp³-hybridized carbons (Fsp3) is 0.636. The van der Waals surface area contributed by atoms with Crippen LogP contribution in [0, 0.1) is 0 Å². The van der Waals surface area contributed by atoms with Crippen LogP contribution in [0.2, 0.25) is 0 Å². The average molecular weight is 207 g/mol. The van der Waals surface area contributed by atoms with Crippen molar-refractivity contribution in [2.75, 3.05) is 18.0 Å². The maximum atomic E-state index is 9.42. The standard InChI is InChI=1S/C11H17N3O/c1-2-9-7-11(13-8-12-9)14-5-3-10(15)4-6-14/h7-8,10,15H,2-6H2,1H3. The lowest BCUT2D eigenvalue weighted by Crippen LogP contribution is -2.36. The molecular weight excluding hydrogens is 190 g/mol. The van der Waals surface area contributed by atoms with Crippen molar-refractivity contribution in [2.45, 2.75) is 32.3 Å². The van der Waals surface area contributed by atoms with Crippen LogP contribution in [0.5, 0.6) is 0 Å². The molecule has 1 aromatic heterocycles. The van der Waals surface area contributed by atoms with E-state index in [1.807, 2.05) is 6.07 Å². The fourth-order valence-electron chi connectivity index (χ4n) is 1.85. The van der Waals surface area contributed by atoms with Gasteiger partial charge in [0.1, 0.15) is 12.1 Å². The topological polar surface area (TPSA) is 49.2 Å². The zero-order chi connectivity index (χ0) is 10.7. The monoisotopic (exact) mass is 207 g/mol. The normalized spacial score (nSPS) is 18.1. The molecule has 0 aromatic carbocycles. The van der Waals surface area contributed by atoms with Crippen LogP contribution in [0.4, 0.5) is 5.82 Å². The number of aliphatic hydroxyl groups excluding tert-OH is 1. The number of nitrogens with zero attached hydrogens (tertiary/aromatic N) is 3. The van der Waals surface area contributed by atoms with Crippen molar-refractivity contribution in [2.24, 2.45) is 0 Å². The van der Waals surface area contributed by atoms with Gasteiger partial charge in [-0.1, -0.05) is 6.92 Å². The Labute approximate surface area is 90.0 Å². The van der Waals surface area contributed by atoms with Gasteiger partial charge in [0.15, 0.2) is 0 Å². The van der Waals surface area contributed by atoms with E-state index in [-0.39, 0.29) is 6.10 Å². The maximum absolute atomic E-state index is 9.42. The minimum Gasteiger partial charge on any atom is -0.393 e. The molecule has 2 rings (SSSR count). The molecule has 0 saturated carbocycles. The Morgan fingerprint density at radius 2 is 2.13 bits per heavy atom. The highest BCUT2D eigenvalue weighted by Gasteiger charge is 2.18. The number of hydrogen-bond donors (Lipinski definition) is 1. The van der Waals surface area contributed by atoms with E-state index in [4.69, 9.17) is 0 Å². The molecule has 1 aliphatic rings.